The highest BCUT2D eigenvalue weighted by Gasteiger charge is 2.51. The Balaban J connectivity index is 1.90. The fraction of sp³-hybridized carbons (Fsp3) is 0.471. The largest absolute Gasteiger partial charge is 0.633 e. The molecule has 1 aliphatic carbocycles. The van der Waals surface area contributed by atoms with Gasteiger partial charge in [0.25, 0.3) is 0 Å². The van der Waals surface area contributed by atoms with Gasteiger partial charge in [0.15, 0.2) is 11.5 Å². The van der Waals surface area contributed by atoms with Crippen molar-refractivity contribution in [2.24, 2.45) is 0 Å². The molecule has 2 unspecified atom stereocenters. The Hall–Kier alpha value is -2.05. The number of quaternary nitrogens is 1. The van der Waals surface area contributed by atoms with Gasteiger partial charge in [0.1, 0.15) is 12.1 Å². The second kappa shape index (κ2) is 4.72. The number of phenols is 1. The van der Waals surface area contributed by atoms with Crippen LogP contribution in [0.3, 0.4) is 0 Å². The van der Waals surface area contributed by atoms with Gasteiger partial charge < -0.3 is 24.4 Å². The Kier molecular flexibility index (Phi) is 2.98. The van der Waals surface area contributed by atoms with Crippen LogP contribution in [0.15, 0.2) is 23.8 Å². The van der Waals surface area contributed by atoms with Gasteiger partial charge in [0.05, 0.1) is 32.2 Å². The van der Waals surface area contributed by atoms with E-state index in [0.717, 1.165) is 17.6 Å². The van der Waals surface area contributed by atoms with Crippen LogP contribution in [0.5, 0.6) is 11.5 Å². The molecule has 1 N–H and O–H groups in total. The van der Waals surface area contributed by atoms with E-state index in [1.54, 1.807) is 13.1 Å². The molecule has 4 atom stereocenters. The summed E-state index contributed by atoms with van der Waals surface area (Å²) < 4.78 is 10.4. The molecule has 1 aromatic carbocycles. The summed E-state index contributed by atoms with van der Waals surface area (Å²) in [6, 6.07) is 2.83. The Morgan fingerprint density at radius 3 is 2.96 bits per heavy atom. The van der Waals surface area contributed by atoms with E-state index in [1.165, 1.54) is 13.2 Å². The van der Waals surface area contributed by atoms with E-state index in [1.807, 2.05) is 0 Å². The summed E-state index contributed by atoms with van der Waals surface area (Å²) in [5.74, 6) is -0.429. The predicted molar refractivity (Wildman–Crippen MR) is 82.1 cm³/mol. The number of hydroxylamine groups is 3. The number of methoxy groups -OCH3 is 1. The van der Waals surface area contributed by atoms with Crippen molar-refractivity contribution in [1.82, 2.24) is 0 Å². The van der Waals surface area contributed by atoms with Crippen LogP contribution in [-0.4, -0.2) is 48.6 Å². The Morgan fingerprint density at radius 1 is 1.43 bits per heavy atom. The number of ether oxygens (including phenoxy) is 2. The molecule has 6 heteroatoms. The van der Waals surface area contributed by atoms with Gasteiger partial charge in [-0.1, -0.05) is 6.08 Å². The summed E-state index contributed by atoms with van der Waals surface area (Å²) in [7, 11) is 3.15. The van der Waals surface area contributed by atoms with Crippen molar-refractivity contribution >= 4 is 5.97 Å². The standard InChI is InChI=1S/C17H19NO5/c1-18(21)6-5-9-3-4-13-15(16(9)18)10-8-14(22-2)12(19)7-11(10)17(20)23-13/h3,7-8,13,15-16,19H,4-6H2,1-2H3/t13-,15?,16-,18?/m1/s1. The number of aromatic hydroxyl groups is 1. The minimum atomic E-state index is -0.450. The van der Waals surface area contributed by atoms with Gasteiger partial charge in [-0.15, -0.1) is 0 Å². The highest BCUT2D eigenvalue weighted by atomic mass is 16.6. The van der Waals surface area contributed by atoms with E-state index in [4.69, 9.17) is 9.47 Å². The average Bonchev–Trinajstić information content (AvgIpc) is 2.82. The second-order valence-corrected chi connectivity index (χ2v) is 6.69. The monoisotopic (exact) mass is 317 g/mol. The normalized spacial score (nSPS) is 34.8. The smallest absolute Gasteiger partial charge is 0.338 e. The van der Waals surface area contributed by atoms with Crippen LogP contribution < -0.4 is 4.74 Å². The summed E-state index contributed by atoms with van der Waals surface area (Å²) >= 11 is 0. The number of carbonyl (C=O) groups excluding carboxylic acids is 1. The minimum absolute atomic E-state index is 0.0981. The van der Waals surface area contributed by atoms with Gasteiger partial charge in [-0.25, -0.2) is 4.79 Å². The van der Waals surface area contributed by atoms with Gasteiger partial charge in [-0.05, 0) is 23.3 Å². The van der Waals surface area contributed by atoms with Crippen LogP contribution in [-0.2, 0) is 4.74 Å². The molecular weight excluding hydrogens is 298 g/mol. The quantitative estimate of drug-likeness (QED) is 0.371. The Bertz CT molecular complexity index is 724. The Morgan fingerprint density at radius 2 is 2.22 bits per heavy atom. The van der Waals surface area contributed by atoms with Crippen molar-refractivity contribution < 1.29 is 24.0 Å². The molecule has 6 nitrogen and oxygen atoms in total. The first-order chi connectivity index (χ1) is 10.9. The average molecular weight is 317 g/mol. The lowest BCUT2D eigenvalue weighted by Gasteiger charge is -2.48. The van der Waals surface area contributed by atoms with Crippen molar-refractivity contribution in [3.05, 3.63) is 40.1 Å². The van der Waals surface area contributed by atoms with Crippen molar-refractivity contribution in [2.75, 3.05) is 20.7 Å². The van der Waals surface area contributed by atoms with E-state index in [9.17, 15) is 15.1 Å². The number of esters is 1. The zero-order valence-electron chi connectivity index (χ0n) is 13.1. The number of likely N-dealkylation sites (N-methyl/N-ethyl adjacent to an activating group) is 1. The molecule has 0 radical (unpaired) electrons. The van der Waals surface area contributed by atoms with Crippen LogP contribution >= 0.6 is 0 Å². The summed E-state index contributed by atoms with van der Waals surface area (Å²) in [6.45, 7) is 0.540. The van der Waals surface area contributed by atoms with Crippen LogP contribution in [0.25, 0.3) is 0 Å². The van der Waals surface area contributed by atoms with Crippen molar-refractivity contribution in [3.63, 3.8) is 0 Å². The molecule has 1 saturated heterocycles. The maximum absolute atomic E-state index is 12.9. The number of fused-ring (bicyclic) bond motifs is 5. The molecule has 122 valence electrons. The first-order valence-electron chi connectivity index (χ1n) is 7.79. The second-order valence-electron chi connectivity index (χ2n) is 6.69. The topological polar surface area (TPSA) is 78.8 Å². The molecule has 1 aromatic rings. The van der Waals surface area contributed by atoms with Gasteiger partial charge in [0, 0.05) is 12.8 Å². The zero-order chi connectivity index (χ0) is 16.4. The molecule has 0 bridgehead atoms. The van der Waals surface area contributed by atoms with Crippen LogP contribution in [0.1, 0.15) is 34.7 Å². The minimum Gasteiger partial charge on any atom is -0.633 e. The molecule has 1 fully saturated rings. The maximum atomic E-state index is 12.9. The number of hydrogen-bond donors (Lipinski definition) is 1. The Labute approximate surface area is 134 Å². The van der Waals surface area contributed by atoms with E-state index in [2.05, 4.69) is 6.08 Å². The summed E-state index contributed by atoms with van der Waals surface area (Å²) in [5, 5.41) is 22.9. The third-order valence-corrected chi connectivity index (χ3v) is 5.35. The molecule has 0 amide bonds. The lowest BCUT2D eigenvalue weighted by atomic mass is 9.74. The fourth-order valence-electron chi connectivity index (χ4n) is 4.29. The number of rotatable bonds is 1. The zero-order valence-corrected chi connectivity index (χ0v) is 13.1. The number of likely N-dealkylation sites (tertiary alicyclic amines) is 1. The molecule has 4 rings (SSSR count). The number of hydrogen-bond acceptors (Lipinski definition) is 5. The molecule has 0 spiro atoms. The SMILES string of the molecule is COc1cc2c(cc1O)C(=O)O[C@@H]1CC=C3CC[N+](C)([O-])[C@H]3C21. The molecule has 0 saturated carbocycles. The molecule has 2 heterocycles. The van der Waals surface area contributed by atoms with Gasteiger partial charge in [0.2, 0.25) is 0 Å². The summed E-state index contributed by atoms with van der Waals surface area (Å²) in [4.78, 5) is 12.3. The number of phenolic OH excluding ortho intramolecular Hbond substituents is 1. The van der Waals surface area contributed by atoms with E-state index in [0.29, 0.717) is 24.3 Å². The van der Waals surface area contributed by atoms with Crippen LogP contribution in [0, 0.1) is 5.21 Å². The number of carbonyl (C=O) groups is 1. The van der Waals surface area contributed by atoms with Crippen LogP contribution in [0.2, 0.25) is 0 Å². The van der Waals surface area contributed by atoms with Crippen molar-refractivity contribution in [1.29, 1.82) is 0 Å². The molecule has 3 aliphatic rings. The van der Waals surface area contributed by atoms with E-state index in [-0.39, 0.29) is 28.5 Å². The van der Waals surface area contributed by atoms with E-state index < -0.39 is 5.97 Å². The first kappa shape index (κ1) is 14.5. The summed E-state index contributed by atoms with van der Waals surface area (Å²) in [6.07, 6.45) is 3.14. The lowest BCUT2D eigenvalue weighted by molar-refractivity contribution is -0.872. The number of benzene rings is 1. The first-order valence-corrected chi connectivity index (χ1v) is 7.79. The predicted octanol–water partition coefficient (Wildman–Crippen LogP) is 2.07. The third-order valence-electron chi connectivity index (χ3n) is 5.35. The van der Waals surface area contributed by atoms with Crippen LogP contribution in [0.4, 0.5) is 0 Å². The fourth-order valence-corrected chi connectivity index (χ4v) is 4.29. The number of nitrogens with zero attached hydrogens (tertiary/aromatic N) is 1. The third kappa shape index (κ3) is 1.98. The maximum Gasteiger partial charge on any atom is 0.338 e. The molecular formula is C17H19NO5. The van der Waals surface area contributed by atoms with Crippen molar-refractivity contribution in [2.45, 2.75) is 30.9 Å². The molecule has 23 heavy (non-hydrogen) atoms. The van der Waals surface area contributed by atoms with Crippen molar-refractivity contribution in [3.8, 4) is 11.5 Å². The summed E-state index contributed by atoms with van der Waals surface area (Å²) in [5.41, 5.74) is 2.23. The molecule has 2 aliphatic heterocycles. The van der Waals surface area contributed by atoms with Gasteiger partial charge in [-0.2, -0.15) is 0 Å². The highest BCUT2D eigenvalue weighted by molar-refractivity contribution is 5.93. The highest BCUT2D eigenvalue weighted by Crippen LogP contribution is 2.49. The van der Waals surface area contributed by atoms with Gasteiger partial charge >= 0.3 is 5.97 Å². The van der Waals surface area contributed by atoms with E-state index >= 15 is 0 Å². The lowest BCUT2D eigenvalue weighted by Crippen LogP contribution is -2.52. The molecule has 0 aromatic heterocycles. The van der Waals surface area contributed by atoms with Gasteiger partial charge in [-0.3, -0.25) is 0 Å².